The molecule has 1 aromatic rings. The molecule has 1 rings (SSSR count). The average Bonchev–Trinajstić information content (AvgIpc) is 2.34. The molecule has 0 aliphatic carbocycles. The first-order chi connectivity index (χ1) is 8.90. The highest BCUT2D eigenvalue weighted by atomic mass is 79.9. The second-order valence-electron chi connectivity index (χ2n) is 4.64. The van der Waals surface area contributed by atoms with E-state index >= 15 is 0 Å². The first-order valence-electron chi connectivity index (χ1n) is 6.11. The first kappa shape index (κ1) is 15.7. The van der Waals surface area contributed by atoms with Crippen molar-refractivity contribution in [3.8, 4) is 0 Å². The molecule has 4 nitrogen and oxygen atoms in total. The van der Waals surface area contributed by atoms with E-state index in [-0.39, 0.29) is 12.3 Å². The number of likely N-dealkylation sites (N-methyl/N-ethyl adjacent to an activating group) is 1. The summed E-state index contributed by atoms with van der Waals surface area (Å²) in [7, 11) is 1.71. The fourth-order valence-electron chi connectivity index (χ4n) is 1.82. The molecule has 1 N–H and O–H groups in total. The van der Waals surface area contributed by atoms with Crippen molar-refractivity contribution in [1.29, 1.82) is 0 Å². The SMILES string of the molecule is CC(CC(=O)O)C(=O)N(C)CCc1cccc(Br)c1. The van der Waals surface area contributed by atoms with Gasteiger partial charge in [-0.25, -0.2) is 0 Å². The molecule has 0 saturated heterocycles. The number of benzene rings is 1. The van der Waals surface area contributed by atoms with Gasteiger partial charge in [-0.3, -0.25) is 9.59 Å². The van der Waals surface area contributed by atoms with Crippen LogP contribution in [-0.2, 0) is 16.0 Å². The number of hydrogen-bond donors (Lipinski definition) is 1. The molecule has 0 heterocycles. The summed E-state index contributed by atoms with van der Waals surface area (Å²) < 4.78 is 1.01. The maximum Gasteiger partial charge on any atom is 0.304 e. The van der Waals surface area contributed by atoms with Crippen LogP contribution in [-0.4, -0.2) is 35.5 Å². The minimum absolute atomic E-state index is 0.125. The van der Waals surface area contributed by atoms with E-state index in [1.165, 1.54) is 0 Å². The molecule has 0 bridgehead atoms. The van der Waals surface area contributed by atoms with Crippen molar-refractivity contribution in [2.24, 2.45) is 5.92 Å². The number of carboxylic acid groups (broad SMARTS) is 1. The number of aliphatic carboxylic acids is 1. The minimum Gasteiger partial charge on any atom is -0.481 e. The summed E-state index contributed by atoms with van der Waals surface area (Å²) in [4.78, 5) is 24.1. The van der Waals surface area contributed by atoms with Crippen LogP contribution in [0.15, 0.2) is 28.7 Å². The summed E-state index contributed by atoms with van der Waals surface area (Å²) in [5, 5.41) is 8.68. The van der Waals surface area contributed by atoms with Crippen molar-refractivity contribution < 1.29 is 14.7 Å². The maximum atomic E-state index is 11.9. The highest BCUT2D eigenvalue weighted by Gasteiger charge is 2.19. The molecule has 0 aliphatic rings. The van der Waals surface area contributed by atoms with Crippen LogP contribution in [0.5, 0.6) is 0 Å². The third-order valence-corrected chi connectivity index (χ3v) is 3.40. The number of carbonyl (C=O) groups is 2. The second-order valence-corrected chi connectivity index (χ2v) is 5.55. The predicted octanol–water partition coefficient (Wildman–Crippen LogP) is 2.56. The molecular weight excluding hydrogens is 310 g/mol. The Morgan fingerprint density at radius 1 is 1.42 bits per heavy atom. The molecule has 0 spiro atoms. The van der Waals surface area contributed by atoms with Gasteiger partial charge in [0.2, 0.25) is 5.91 Å². The highest BCUT2D eigenvalue weighted by Crippen LogP contribution is 2.13. The van der Waals surface area contributed by atoms with Crippen LogP contribution in [0.3, 0.4) is 0 Å². The molecule has 1 unspecified atom stereocenters. The van der Waals surface area contributed by atoms with Crippen LogP contribution >= 0.6 is 15.9 Å². The van der Waals surface area contributed by atoms with Crippen LogP contribution < -0.4 is 0 Å². The summed E-state index contributed by atoms with van der Waals surface area (Å²) in [5.74, 6) is -1.55. The molecule has 19 heavy (non-hydrogen) atoms. The molecule has 0 fully saturated rings. The molecule has 0 radical (unpaired) electrons. The van der Waals surface area contributed by atoms with E-state index < -0.39 is 11.9 Å². The fourth-order valence-corrected chi connectivity index (χ4v) is 2.27. The van der Waals surface area contributed by atoms with Crippen molar-refractivity contribution in [3.63, 3.8) is 0 Å². The molecule has 1 atom stereocenters. The lowest BCUT2D eigenvalue weighted by molar-refractivity contribution is -0.143. The summed E-state index contributed by atoms with van der Waals surface area (Å²) in [6.07, 6.45) is 0.627. The van der Waals surface area contributed by atoms with Gasteiger partial charge in [0.25, 0.3) is 0 Å². The van der Waals surface area contributed by atoms with E-state index in [1.807, 2.05) is 24.3 Å². The lowest BCUT2D eigenvalue weighted by atomic mass is 10.1. The zero-order chi connectivity index (χ0) is 14.4. The Morgan fingerprint density at radius 3 is 2.68 bits per heavy atom. The van der Waals surface area contributed by atoms with Crippen LogP contribution in [0.4, 0.5) is 0 Å². The number of carboxylic acids is 1. The van der Waals surface area contributed by atoms with E-state index in [4.69, 9.17) is 5.11 Å². The molecule has 5 heteroatoms. The third kappa shape index (κ3) is 5.42. The van der Waals surface area contributed by atoms with Crippen LogP contribution in [0.1, 0.15) is 18.9 Å². The Balaban J connectivity index is 2.48. The van der Waals surface area contributed by atoms with Gasteiger partial charge in [-0.1, -0.05) is 35.0 Å². The molecule has 0 saturated carbocycles. The van der Waals surface area contributed by atoms with E-state index in [2.05, 4.69) is 15.9 Å². The average molecular weight is 328 g/mol. The maximum absolute atomic E-state index is 11.9. The number of amides is 1. The van der Waals surface area contributed by atoms with Crippen LogP contribution in [0.2, 0.25) is 0 Å². The summed E-state index contributed by atoms with van der Waals surface area (Å²) >= 11 is 3.40. The second kappa shape index (κ2) is 7.28. The Hall–Kier alpha value is -1.36. The molecule has 104 valence electrons. The van der Waals surface area contributed by atoms with E-state index in [9.17, 15) is 9.59 Å². The zero-order valence-corrected chi connectivity index (χ0v) is 12.7. The van der Waals surface area contributed by atoms with Gasteiger partial charge < -0.3 is 10.0 Å². The van der Waals surface area contributed by atoms with Crippen molar-refractivity contribution in [3.05, 3.63) is 34.3 Å². The quantitative estimate of drug-likeness (QED) is 0.873. The van der Waals surface area contributed by atoms with Gasteiger partial charge in [0.05, 0.1) is 6.42 Å². The minimum atomic E-state index is -0.943. The fraction of sp³-hybridized carbons (Fsp3) is 0.429. The van der Waals surface area contributed by atoms with Crippen molar-refractivity contribution >= 4 is 27.8 Å². The smallest absolute Gasteiger partial charge is 0.304 e. The molecule has 0 aliphatic heterocycles. The third-order valence-electron chi connectivity index (χ3n) is 2.90. The number of rotatable bonds is 6. The largest absolute Gasteiger partial charge is 0.481 e. The first-order valence-corrected chi connectivity index (χ1v) is 6.90. The summed E-state index contributed by atoms with van der Waals surface area (Å²) in [5.41, 5.74) is 1.14. The Bertz CT molecular complexity index is 462. The summed E-state index contributed by atoms with van der Waals surface area (Å²) in [6, 6.07) is 7.92. The molecular formula is C14H18BrNO3. The van der Waals surface area contributed by atoms with Crippen LogP contribution in [0, 0.1) is 5.92 Å². The number of hydrogen-bond acceptors (Lipinski definition) is 2. The zero-order valence-electron chi connectivity index (χ0n) is 11.1. The molecule has 0 aromatic heterocycles. The van der Waals surface area contributed by atoms with E-state index in [0.29, 0.717) is 6.54 Å². The number of nitrogens with zero attached hydrogens (tertiary/aromatic N) is 1. The van der Waals surface area contributed by atoms with Crippen molar-refractivity contribution in [2.45, 2.75) is 19.8 Å². The van der Waals surface area contributed by atoms with Gasteiger partial charge >= 0.3 is 5.97 Å². The summed E-state index contributed by atoms with van der Waals surface area (Å²) in [6.45, 7) is 2.23. The van der Waals surface area contributed by atoms with Gasteiger partial charge in [0.1, 0.15) is 0 Å². The molecule has 1 aromatic carbocycles. The lowest BCUT2D eigenvalue weighted by Crippen LogP contribution is -2.34. The van der Waals surface area contributed by atoms with Gasteiger partial charge in [-0.2, -0.15) is 0 Å². The monoisotopic (exact) mass is 327 g/mol. The van der Waals surface area contributed by atoms with Crippen LogP contribution in [0.25, 0.3) is 0 Å². The van der Waals surface area contributed by atoms with Crippen molar-refractivity contribution in [2.75, 3.05) is 13.6 Å². The Morgan fingerprint density at radius 2 is 2.11 bits per heavy atom. The van der Waals surface area contributed by atoms with Gasteiger partial charge in [-0.15, -0.1) is 0 Å². The lowest BCUT2D eigenvalue weighted by Gasteiger charge is -2.20. The van der Waals surface area contributed by atoms with Gasteiger partial charge in [-0.05, 0) is 24.1 Å². The molecule has 1 amide bonds. The number of halogens is 1. The Kier molecular flexibility index (Phi) is 6.02. The standard InChI is InChI=1S/C14H18BrNO3/c1-10(8-13(17)18)14(19)16(2)7-6-11-4-3-5-12(15)9-11/h3-5,9-10H,6-8H2,1-2H3,(H,17,18). The highest BCUT2D eigenvalue weighted by molar-refractivity contribution is 9.10. The Labute approximate surface area is 121 Å². The van der Waals surface area contributed by atoms with E-state index in [0.717, 1.165) is 16.5 Å². The van der Waals surface area contributed by atoms with E-state index in [1.54, 1.807) is 18.9 Å². The van der Waals surface area contributed by atoms with Gasteiger partial charge in [0, 0.05) is 24.0 Å². The van der Waals surface area contributed by atoms with Crippen molar-refractivity contribution in [1.82, 2.24) is 4.90 Å². The number of carbonyl (C=O) groups excluding carboxylic acids is 1. The normalized spacial score (nSPS) is 11.9. The van der Waals surface area contributed by atoms with Gasteiger partial charge in [0.15, 0.2) is 0 Å². The predicted molar refractivity (Wildman–Crippen MR) is 76.9 cm³/mol. The topological polar surface area (TPSA) is 57.6 Å².